The van der Waals surface area contributed by atoms with E-state index in [-0.39, 0.29) is 39.7 Å². The Labute approximate surface area is 236 Å². The predicted molar refractivity (Wildman–Crippen MR) is 146 cm³/mol. The first-order chi connectivity index (χ1) is 16.1. The number of hydrogen-bond acceptors (Lipinski definition) is 8. The van der Waals surface area contributed by atoms with Crippen LogP contribution in [0.15, 0.2) is 55.9 Å². The second-order valence-electron chi connectivity index (χ2n) is 7.28. The molecule has 0 radical (unpaired) electrons. The van der Waals surface area contributed by atoms with Gasteiger partial charge in [-0.15, -0.1) is 0 Å². The number of thioether (sulfide) groups is 2. The molecular weight excluding hydrogens is 692 g/mol. The molecule has 0 bridgehead atoms. The number of aliphatic imine (C=N–C) groups is 2. The van der Waals surface area contributed by atoms with Crippen LogP contribution in [-0.2, 0) is 19.5 Å². The monoisotopic (exact) mass is 727 g/mol. The van der Waals surface area contributed by atoms with Gasteiger partial charge in [-0.25, -0.2) is 0 Å². The van der Waals surface area contributed by atoms with E-state index in [1.165, 1.54) is 40.9 Å². The summed E-state index contributed by atoms with van der Waals surface area (Å²) in [4.78, 5) is 10.9. The largest absolute Gasteiger partial charge is 0.458 e. The van der Waals surface area contributed by atoms with Crippen LogP contribution in [0.3, 0.4) is 0 Å². The van der Waals surface area contributed by atoms with Gasteiger partial charge in [0.1, 0.15) is 11.5 Å². The summed E-state index contributed by atoms with van der Waals surface area (Å²) in [5.41, 5.74) is 11.7. The Kier molecular flexibility index (Phi) is 13.1. The van der Waals surface area contributed by atoms with E-state index in [0.717, 1.165) is 31.8 Å². The first-order valence-electron chi connectivity index (χ1n) is 10.9. The molecule has 1 aromatic carbocycles. The van der Waals surface area contributed by atoms with Crippen molar-refractivity contribution >= 4 is 45.8 Å². The number of nitrogens with one attached hydrogen (secondary N) is 2. The van der Waals surface area contributed by atoms with Crippen molar-refractivity contribution in [3.63, 3.8) is 0 Å². The minimum absolute atomic E-state index is 0. The van der Waals surface area contributed by atoms with Crippen molar-refractivity contribution in [2.24, 2.45) is 20.8 Å². The summed E-state index contributed by atoms with van der Waals surface area (Å²) >= 11 is 2.96. The minimum Gasteiger partial charge on any atom is -0.458 e. The van der Waals surface area contributed by atoms with Gasteiger partial charge in [-0.05, 0) is 43.5 Å². The van der Waals surface area contributed by atoms with E-state index >= 15 is 0 Å². The van der Waals surface area contributed by atoms with Gasteiger partial charge in [0.05, 0.1) is 17.8 Å². The number of amidine groups is 2. The summed E-state index contributed by atoms with van der Waals surface area (Å²) in [7, 11) is 0. The molecule has 184 valence electrons. The van der Waals surface area contributed by atoms with Crippen LogP contribution in [0.1, 0.15) is 39.3 Å². The summed E-state index contributed by atoms with van der Waals surface area (Å²) in [6, 6.07) is 12.3. The van der Waals surface area contributed by atoms with E-state index in [1.807, 2.05) is 26.0 Å². The Morgan fingerprint density at radius 1 is 1.18 bits per heavy atom. The van der Waals surface area contributed by atoms with Crippen LogP contribution in [0.2, 0.25) is 0 Å². The molecule has 0 unspecified atom stereocenters. The Balaban J connectivity index is 0.00000408. The molecule has 0 amide bonds. The molecule has 34 heavy (non-hydrogen) atoms. The van der Waals surface area contributed by atoms with Gasteiger partial charge in [-0.1, -0.05) is 47.8 Å². The van der Waals surface area contributed by atoms with Gasteiger partial charge >= 0.3 is 0 Å². The maximum atomic E-state index is 8.27. The average Bonchev–Trinajstić information content (AvgIpc) is 3.28. The van der Waals surface area contributed by atoms with Crippen LogP contribution in [0.25, 0.3) is 0 Å². The topological polar surface area (TPSA) is 115 Å². The van der Waals surface area contributed by atoms with E-state index in [9.17, 15) is 0 Å². The van der Waals surface area contributed by atoms with Gasteiger partial charge in [0.25, 0.3) is 0 Å². The average molecular weight is 728 g/mol. The summed E-state index contributed by atoms with van der Waals surface area (Å²) in [6.45, 7) is 7.85. The molecule has 0 saturated carbocycles. The van der Waals surface area contributed by atoms with Crippen molar-refractivity contribution in [1.82, 2.24) is 10.3 Å². The smallest absolute Gasteiger partial charge is 0.177 e. The van der Waals surface area contributed by atoms with E-state index in [0.29, 0.717) is 34.3 Å². The summed E-state index contributed by atoms with van der Waals surface area (Å²) in [6.07, 6.45) is 2.49. The summed E-state index contributed by atoms with van der Waals surface area (Å²) in [5, 5.41) is 14.3. The third-order valence-corrected chi connectivity index (χ3v) is 6.75. The van der Waals surface area contributed by atoms with Crippen molar-refractivity contribution in [3.05, 3.63) is 59.0 Å². The molecule has 2 aromatic rings. The molecule has 1 aliphatic rings. The van der Waals surface area contributed by atoms with Crippen LogP contribution in [0, 0.1) is 36.5 Å². The molecule has 4 N–H and O–H groups in total. The molecule has 2 heterocycles. The number of benzene rings is 1. The zero-order valence-corrected chi connectivity index (χ0v) is 25.4. The molecule has 0 aliphatic carbocycles. The molecule has 8 nitrogen and oxygen atoms in total. The standard InChI is InChI=1S/C23H31N7OS2.U.2H2/c1-3-26-22(25)32-16-33-23(27-4-2)29-28-13-20(24)21-10-9-19(31-21)15-30-12-11-17-7-5-6-8-18(17)14-30;;;/h5-10,13,24H,3-4,11-12,14-16H2,1-2H3,(H2,25,26)(H,27,29);;2*1H/b24-20?,28-13+;;;. The van der Waals surface area contributed by atoms with Crippen LogP contribution in [0.5, 0.6) is 0 Å². The zero-order chi connectivity index (χ0) is 23.5. The van der Waals surface area contributed by atoms with E-state index in [1.54, 1.807) is 0 Å². The van der Waals surface area contributed by atoms with E-state index in [2.05, 4.69) is 49.7 Å². The van der Waals surface area contributed by atoms with Gasteiger partial charge in [0.2, 0.25) is 0 Å². The van der Waals surface area contributed by atoms with Crippen LogP contribution in [-0.4, -0.2) is 51.9 Å². The van der Waals surface area contributed by atoms with E-state index in [4.69, 9.17) is 15.6 Å². The predicted octanol–water partition coefficient (Wildman–Crippen LogP) is 4.41. The van der Waals surface area contributed by atoms with Gasteiger partial charge < -0.3 is 10.2 Å². The van der Waals surface area contributed by atoms with Crippen molar-refractivity contribution in [3.8, 4) is 0 Å². The van der Waals surface area contributed by atoms with E-state index < -0.39 is 0 Å². The van der Waals surface area contributed by atoms with Crippen molar-refractivity contribution in [2.75, 3.05) is 24.7 Å². The summed E-state index contributed by atoms with van der Waals surface area (Å²) in [5.74, 6) is 1.34. The molecule has 11 heteroatoms. The fraction of sp³-hybridized carbons (Fsp3) is 0.391. The second kappa shape index (κ2) is 15.5. The molecule has 1 aliphatic heterocycles. The number of nitrogens with two attached hydrogens (primary N) is 1. The SMILES string of the molecule is CCN=C(N)SCSC(=NCC)N/N=C/C(=N)c1ccc(CN2CCc3ccccc3C2)o1.[HH].[HH].[U]. The molecule has 0 spiro atoms. The molecule has 1 aromatic heterocycles. The van der Waals surface area contributed by atoms with Crippen molar-refractivity contribution in [2.45, 2.75) is 33.4 Å². The third-order valence-electron chi connectivity index (χ3n) is 4.89. The summed E-state index contributed by atoms with van der Waals surface area (Å²) < 4.78 is 5.90. The number of hydrogen-bond donors (Lipinski definition) is 3. The maximum absolute atomic E-state index is 8.27. The Bertz CT molecular complexity index is 1030. The molecule has 3 rings (SSSR count). The molecule has 0 saturated heterocycles. The maximum Gasteiger partial charge on any atom is 0.177 e. The molecular formula is C23H35N7OS2U. The Morgan fingerprint density at radius 3 is 2.71 bits per heavy atom. The number of furan rings is 1. The number of hydrazone groups is 1. The quantitative estimate of drug-likeness (QED) is 0.153. The number of fused-ring (bicyclic) bond motifs is 1. The molecule has 0 atom stereocenters. The number of nitrogens with zero attached hydrogens (tertiary/aromatic N) is 4. The number of rotatable bonds is 9. The zero-order valence-electron chi connectivity index (χ0n) is 19.6. The normalized spacial score (nSPS) is 14.6. The Morgan fingerprint density at radius 2 is 1.94 bits per heavy atom. The van der Waals surface area contributed by atoms with Crippen molar-refractivity contribution < 1.29 is 38.4 Å². The van der Waals surface area contributed by atoms with Gasteiger partial charge in [-0.3, -0.25) is 25.7 Å². The third kappa shape index (κ3) is 9.27. The van der Waals surface area contributed by atoms with Crippen LogP contribution >= 0.6 is 23.5 Å². The first-order valence-corrected chi connectivity index (χ1v) is 12.9. The van der Waals surface area contributed by atoms with Gasteiger partial charge in [0.15, 0.2) is 16.1 Å². The van der Waals surface area contributed by atoms with Crippen molar-refractivity contribution in [1.29, 1.82) is 5.41 Å². The first kappa shape index (κ1) is 28.7. The second-order valence-corrected chi connectivity index (χ2v) is 9.60. The van der Waals surface area contributed by atoms with Crippen LogP contribution < -0.4 is 11.2 Å². The minimum atomic E-state index is 0. The fourth-order valence-electron chi connectivity index (χ4n) is 3.34. The van der Waals surface area contributed by atoms with Gasteiger partial charge in [-0.2, -0.15) is 5.10 Å². The fourth-order valence-corrected chi connectivity index (χ4v) is 5.06. The van der Waals surface area contributed by atoms with Gasteiger partial charge in [0, 0.05) is 60.1 Å². The van der Waals surface area contributed by atoms with Crippen LogP contribution in [0.4, 0.5) is 0 Å². The molecule has 0 fully saturated rings. The Hall–Kier alpha value is -1.51.